The maximum Gasteiger partial charge on any atom is 0.251 e. The zero-order valence-corrected chi connectivity index (χ0v) is 15.8. The highest BCUT2D eigenvalue weighted by Crippen LogP contribution is 2.20. The van der Waals surface area contributed by atoms with E-state index in [4.69, 9.17) is 11.6 Å². The van der Waals surface area contributed by atoms with Crippen molar-refractivity contribution in [3.05, 3.63) is 70.0 Å². The quantitative estimate of drug-likeness (QED) is 0.623. The normalized spacial score (nSPS) is 11.2. The van der Waals surface area contributed by atoms with Gasteiger partial charge in [-0.05, 0) is 29.8 Å². The molecular formula is C19H22ClFN4O. The highest BCUT2D eigenvalue weighted by Gasteiger charge is 2.12. The maximum atomic E-state index is 14.0. The smallest absolute Gasteiger partial charge is 0.251 e. The van der Waals surface area contributed by atoms with Crippen LogP contribution < -0.4 is 10.6 Å². The van der Waals surface area contributed by atoms with Gasteiger partial charge in [-0.3, -0.25) is 9.79 Å². The van der Waals surface area contributed by atoms with E-state index >= 15 is 0 Å². The molecule has 2 aromatic rings. The van der Waals surface area contributed by atoms with Crippen LogP contribution in [0.25, 0.3) is 0 Å². The van der Waals surface area contributed by atoms with Crippen molar-refractivity contribution in [2.75, 3.05) is 21.1 Å². The zero-order chi connectivity index (χ0) is 19.1. The molecule has 1 amide bonds. The van der Waals surface area contributed by atoms with Crippen LogP contribution >= 0.6 is 11.6 Å². The van der Waals surface area contributed by atoms with Gasteiger partial charge in [0.1, 0.15) is 5.82 Å². The molecule has 0 aromatic heterocycles. The second-order valence-corrected chi connectivity index (χ2v) is 6.14. The van der Waals surface area contributed by atoms with Crippen molar-refractivity contribution in [1.29, 1.82) is 0 Å². The summed E-state index contributed by atoms with van der Waals surface area (Å²) in [5, 5.41) is 6.19. The Labute approximate surface area is 157 Å². The number of hydrogen-bond donors (Lipinski definition) is 2. The molecule has 0 aliphatic heterocycles. The van der Waals surface area contributed by atoms with Crippen LogP contribution in [-0.2, 0) is 13.1 Å². The van der Waals surface area contributed by atoms with Crippen LogP contribution in [0.1, 0.15) is 21.5 Å². The van der Waals surface area contributed by atoms with Crippen LogP contribution in [0.5, 0.6) is 0 Å². The van der Waals surface area contributed by atoms with Gasteiger partial charge in [-0.1, -0.05) is 29.8 Å². The Hall–Kier alpha value is -2.60. The second-order valence-electron chi connectivity index (χ2n) is 5.73. The van der Waals surface area contributed by atoms with Crippen LogP contribution in [0, 0.1) is 5.82 Å². The van der Waals surface area contributed by atoms with Crippen molar-refractivity contribution in [3.63, 3.8) is 0 Å². The molecule has 0 unspecified atom stereocenters. The number of amides is 1. The monoisotopic (exact) mass is 376 g/mol. The molecule has 0 spiro atoms. The minimum absolute atomic E-state index is 0.123. The molecule has 7 heteroatoms. The second kappa shape index (κ2) is 9.20. The first-order valence-corrected chi connectivity index (χ1v) is 8.49. The van der Waals surface area contributed by atoms with Crippen LogP contribution in [0.4, 0.5) is 4.39 Å². The Morgan fingerprint density at radius 3 is 2.50 bits per heavy atom. The topological polar surface area (TPSA) is 56.7 Å². The lowest BCUT2D eigenvalue weighted by atomic mass is 10.1. The molecule has 0 aliphatic rings. The summed E-state index contributed by atoms with van der Waals surface area (Å²) < 4.78 is 14.0. The van der Waals surface area contributed by atoms with Gasteiger partial charge in [0.25, 0.3) is 5.91 Å². The Kier molecular flexibility index (Phi) is 6.97. The fourth-order valence-electron chi connectivity index (χ4n) is 2.48. The van der Waals surface area contributed by atoms with Gasteiger partial charge >= 0.3 is 0 Å². The SMILES string of the molecule is CN=C(NCc1ccc(C(=O)NC)cc1)N(C)Cc1c(F)cccc1Cl. The number of nitrogens with zero attached hydrogens (tertiary/aromatic N) is 2. The molecular weight excluding hydrogens is 355 g/mol. The first kappa shape index (κ1) is 19.7. The fraction of sp³-hybridized carbons (Fsp3) is 0.263. The van der Waals surface area contributed by atoms with E-state index in [0.29, 0.717) is 35.2 Å². The lowest BCUT2D eigenvalue weighted by Crippen LogP contribution is -2.38. The fourth-order valence-corrected chi connectivity index (χ4v) is 2.70. The third-order valence-electron chi connectivity index (χ3n) is 3.92. The number of carbonyl (C=O) groups excluding carboxylic acids is 1. The zero-order valence-electron chi connectivity index (χ0n) is 15.0. The minimum Gasteiger partial charge on any atom is -0.355 e. The molecule has 138 valence electrons. The molecule has 0 aliphatic carbocycles. The lowest BCUT2D eigenvalue weighted by molar-refractivity contribution is 0.0963. The molecule has 0 saturated heterocycles. The molecule has 0 atom stereocenters. The van der Waals surface area contributed by atoms with Gasteiger partial charge in [-0.15, -0.1) is 0 Å². The highest BCUT2D eigenvalue weighted by molar-refractivity contribution is 6.31. The van der Waals surface area contributed by atoms with Crippen LogP contribution in [-0.4, -0.2) is 37.9 Å². The number of carbonyl (C=O) groups is 1. The van der Waals surface area contributed by atoms with E-state index in [9.17, 15) is 9.18 Å². The van der Waals surface area contributed by atoms with E-state index in [2.05, 4.69) is 15.6 Å². The van der Waals surface area contributed by atoms with E-state index in [-0.39, 0.29) is 11.7 Å². The third-order valence-corrected chi connectivity index (χ3v) is 4.28. The summed E-state index contributed by atoms with van der Waals surface area (Å²) in [5.74, 6) is 0.145. The molecule has 2 rings (SSSR count). The summed E-state index contributed by atoms with van der Waals surface area (Å²) >= 11 is 6.09. The summed E-state index contributed by atoms with van der Waals surface area (Å²) in [7, 11) is 5.07. The van der Waals surface area contributed by atoms with Crippen LogP contribution in [0.2, 0.25) is 5.02 Å². The van der Waals surface area contributed by atoms with Crippen molar-refractivity contribution in [2.45, 2.75) is 13.1 Å². The number of halogens is 2. The molecule has 0 fully saturated rings. The molecule has 2 aromatic carbocycles. The van der Waals surface area contributed by atoms with Crippen molar-refractivity contribution >= 4 is 23.5 Å². The van der Waals surface area contributed by atoms with Crippen LogP contribution in [0.15, 0.2) is 47.5 Å². The number of guanidine groups is 1. The third kappa shape index (κ3) is 4.95. The number of rotatable bonds is 5. The molecule has 5 nitrogen and oxygen atoms in total. The van der Waals surface area contributed by atoms with Crippen molar-refractivity contribution in [1.82, 2.24) is 15.5 Å². The summed E-state index contributed by atoms with van der Waals surface area (Å²) in [6.07, 6.45) is 0. The highest BCUT2D eigenvalue weighted by atomic mass is 35.5. The standard InChI is InChI=1S/C19H22ClFN4O/c1-22-18(26)14-9-7-13(8-10-14)11-24-19(23-2)25(3)12-15-16(20)5-4-6-17(15)21/h4-10H,11-12H2,1-3H3,(H,22,26)(H,23,24). The molecule has 0 heterocycles. The van der Waals surface area contributed by atoms with Crippen molar-refractivity contribution < 1.29 is 9.18 Å². The van der Waals surface area contributed by atoms with Crippen LogP contribution in [0.3, 0.4) is 0 Å². The van der Waals surface area contributed by atoms with Gasteiger partial charge in [-0.25, -0.2) is 4.39 Å². The van der Waals surface area contributed by atoms with Gasteiger partial charge in [0.15, 0.2) is 5.96 Å². The molecule has 26 heavy (non-hydrogen) atoms. The predicted octanol–water partition coefficient (Wildman–Crippen LogP) is 3.05. The number of hydrogen-bond acceptors (Lipinski definition) is 2. The van der Waals surface area contributed by atoms with Crippen molar-refractivity contribution in [2.24, 2.45) is 4.99 Å². The Balaban J connectivity index is 2.00. The minimum atomic E-state index is -0.343. The largest absolute Gasteiger partial charge is 0.355 e. The van der Waals surface area contributed by atoms with Gasteiger partial charge in [0.05, 0.1) is 0 Å². The number of nitrogens with one attached hydrogen (secondary N) is 2. The Morgan fingerprint density at radius 1 is 1.23 bits per heavy atom. The van der Waals surface area contributed by atoms with E-state index in [1.54, 1.807) is 43.3 Å². The van der Waals surface area contributed by atoms with Gasteiger partial charge in [-0.2, -0.15) is 0 Å². The molecule has 0 bridgehead atoms. The predicted molar refractivity (Wildman–Crippen MR) is 103 cm³/mol. The first-order chi connectivity index (χ1) is 12.5. The van der Waals surface area contributed by atoms with Gasteiger partial charge < -0.3 is 15.5 Å². The summed E-state index contributed by atoms with van der Waals surface area (Å²) in [6, 6.07) is 11.9. The molecule has 0 saturated carbocycles. The number of benzene rings is 2. The van der Waals surface area contributed by atoms with E-state index in [0.717, 1.165) is 5.56 Å². The average molecular weight is 377 g/mol. The van der Waals surface area contributed by atoms with E-state index in [1.165, 1.54) is 6.07 Å². The van der Waals surface area contributed by atoms with Crippen molar-refractivity contribution in [3.8, 4) is 0 Å². The summed E-state index contributed by atoms with van der Waals surface area (Å²) in [4.78, 5) is 17.6. The van der Waals surface area contributed by atoms with E-state index in [1.807, 2.05) is 19.2 Å². The Morgan fingerprint density at radius 2 is 1.92 bits per heavy atom. The molecule has 0 radical (unpaired) electrons. The average Bonchev–Trinajstić information content (AvgIpc) is 2.65. The summed E-state index contributed by atoms with van der Waals surface area (Å²) in [6.45, 7) is 0.816. The number of aliphatic imine (C=N–C) groups is 1. The lowest BCUT2D eigenvalue weighted by Gasteiger charge is -2.23. The molecule has 2 N–H and O–H groups in total. The first-order valence-electron chi connectivity index (χ1n) is 8.12. The van der Waals surface area contributed by atoms with E-state index < -0.39 is 0 Å². The Bertz CT molecular complexity index is 772. The maximum absolute atomic E-state index is 14.0. The summed E-state index contributed by atoms with van der Waals surface area (Å²) in [5.41, 5.74) is 2.03. The van der Waals surface area contributed by atoms with Gasteiger partial charge in [0.2, 0.25) is 0 Å². The van der Waals surface area contributed by atoms with Gasteiger partial charge in [0, 0.05) is 50.4 Å².